The molecule has 0 saturated carbocycles. The summed E-state index contributed by atoms with van der Waals surface area (Å²) in [6.45, 7) is 5.10. The van der Waals surface area contributed by atoms with E-state index in [-0.39, 0.29) is 0 Å². The molecule has 0 N–H and O–H groups in total. The standard InChI is InChI=1S/C12H13BrN2/c1-3-15-12(11(13)8-14-15)10-7-5-4-6-9(10)2/h4-8H,3H2,1-2H3. The number of halogens is 1. The highest BCUT2D eigenvalue weighted by Gasteiger charge is 2.11. The molecule has 0 bridgehead atoms. The summed E-state index contributed by atoms with van der Waals surface area (Å²) >= 11 is 3.55. The van der Waals surface area contributed by atoms with Crippen molar-refractivity contribution in [2.45, 2.75) is 20.4 Å². The molecule has 15 heavy (non-hydrogen) atoms. The molecule has 0 atom stereocenters. The van der Waals surface area contributed by atoms with E-state index in [1.165, 1.54) is 11.1 Å². The van der Waals surface area contributed by atoms with Crippen LogP contribution in [0.1, 0.15) is 12.5 Å². The van der Waals surface area contributed by atoms with Crippen LogP contribution in [0.5, 0.6) is 0 Å². The monoisotopic (exact) mass is 264 g/mol. The molecule has 78 valence electrons. The Morgan fingerprint density at radius 3 is 2.73 bits per heavy atom. The number of aryl methyl sites for hydroxylation is 2. The van der Waals surface area contributed by atoms with Gasteiger partial charge in [-0.05, 0) is 35.3 Å². The predicted molar refractivity (Wildman–Crippen MR) is 65.8 cm³/mol. The molecular formula is C12H13BrN2. The lowest BCUT2D eigenvalue weighted by molar-refractivity contribution is 0.666. The average molecular weight is 265 g/mol. The molecule has 0 saturated heterocycles. The molecule has 0 amide bonds. The van der Waals surface area contributed by atoms with Crippen molar-refractivity contribution in [3.63, 3.8) is 0 Å². The van der Waals surface area contributed by atoms with Crippen molar-refractivity contribution in [1.29, 1.82) is 0 Å². The second-order valence-corrected chi connectivity index (χ2v) is 4.33. The molecule has 0 aliphatic heterocycles. The van der Waals surface area contributed by atoms with E-state index >= 15 is 0 Å². The quantitative estimate of drug-likeness (QED) is 0.810. The number of hydrogen-bond acceptors (Lipinski definition) is 1. The molecule has 2 nitrogen and oxygen atoms in total. The topological polar surface area (TPSA) is 17.8 Å². The summed E-state index contributed by atoms with van der Waals surface area (Å²) in [7, 11) is 0. The van der Waals surface area contributed by atoms with Crippen LogP contribution in [0.3, 0.4) is 0 Å². The Hall–Kier alpha value is -1.09. The lowest BCUT2D eigenvalue weighted by atomic mass is 10.1. The molecule has 0 aliphatic rings. The summed E-state index contributed by atoms with van der Waals surface area (Å²) in [4.78, 5) is 0. The molecule has 0 radical (unpaired) electrons. The molecule has 2 rings (SSSR count). The first-order chi connectivity index (χ1) is 7.24. The fraction of sp³-hybridized carbons (Fsp3) is 0.250. The van der Waals surface area contributed by atoms with Crippen LogP contribution in [-0.4, -0.2) is 9.78 Å². The number of rotatable bonds is 2. The second-order valence-electron chi connectivity index (χ2n) is 3.47. The van der Waals surface area contributed by atoms with Crippen molar-refractivity contribution in [3.8, 4) is 11.3 Å². The Morgan fingerprint density at radius 2 is 2.07 bits per heavy atom. The normalized spacial score (nSPS) is 10.6. The summed E-state index contributed by atoms with van der Waals surface area (Å²) in [6.07, 6.45) is 1.85. The van der Waals surface area contributed by atoms with Crippen LogP contribution in [-0.2, 0) is 6.54 Å². The lowest BCUT2D eigenvalue weighted by Gasteiger charge is -2.08. The van der Waals surface area contributed by atoms with Gasteiger partial charge < -0.3 is 0 Å². The predicted octanol–water partition coefficient (Wildman–Crippen LogP) is 3.64. The van der Waals surface area contributed by atoms with Crippen molar-refractivity contribution < 1.29 is 0 Å². The molecule has 0 aliphatic carbocycles. The van der Waals surface area contributed by atoms with Gasteiger partial charge >= 0.3 is 0 Å². The highest BCUT2D eigenvalue weighted by molar-refractivity contribution is 9.10. The number of aromatic nitrogens is 2. The highest BCUT2D eigenvalue weighted by atomic mass is 79.9. The summed E-state index contributed by atoms with van der Waals surface area (Å²) in [6, 6.07) is 8.36. The SMILES string of the molecule is CCn1ncc(Br)c1-c1ccccc1C. The Labute approximate surface area is 98.1 Å². The van der Waals surface area contributed by atoms with E-state index in [2.05, 4.69) is 59.1 Å². The minimum Gasteiger partial charge on any atom is -0.264 e. The first-order valence-corrected chi connectivity index (χ1v) is 5.80. The van der Waals surface area contributed by atoms with Crippen molar-refractivity contribution in [3.05, 3.63) is 40.5 Å². The van der Waals surface area contributed by atoms with E-state index in [1.807, 2.05) is 10.9 Å². The fourth-order valence-electron chi connectivity index (χ4n) is 1.71. The molecule has 0 fully saturated rings. The fourth-order valence-corrected chi connectivity index (χ4v) is 2.22. The van der Waals surface area contributed by atoms with Crippen LogP contribution in [0.2, 0.25) is 0 Å². The van der Waals surface area contributed by atoms with Crippen molar-refractivity contribution in [2.75, 3.05) is 0 Å². The lowest BCUT2D eigenvalue weighted by Crippen LogP contribution is -1.99. The smallest absolute Gasteiger partial charge is 0.0827 e. The Balaban J connectivity index is 2.63. The van der Waals surface area contributed by atoms with Gasteiger partial charge in [-0.3, -0.25) is 4.68 Å². The van der Waals surface area contributed by atoms with Gasteiger partial charge in [-0.2, -0.15) is 5.10 Å². The third-order valence-electron chi connectivity index (χ3n) is 2.49. The van der Waals surface area contributed by atoms with Crippen LogP contribution in [0.25, 0.3) is 11.3 Å². The third kappa shape index (κ3) is 1.84. The van der Waals surface area contributed by atoms with Gasteiger partial charge in [0.1, 0.15) is 0 Å². The van der Waals surface area contributed by atoms with Crippen molar-refractivity contribution in [1.82, 2.24) is 9.78 Å². The molecule has 1 aromatic heterocycles. The van der Waals surface area contributed by atoms with Crippen molar-refractivity contribution in [2.24, 2.45) is 0 Å². The van der Waals surface area contributed by atoms with Gasteiger partial charge in [0, 0.05) is 12.1 Å². The van der Waals surface area contributed by atoms with Crippen LogP contribution < -0.4 is 0 Å². The molecular weight excluding hydrogens is 252 g/mol. The molecule has 1 heterocycles. The maximum absolute atomic E-state index is 4.32. The van der Waals surface area contributed by atoms with E-state index in [1.54, 1.807) is 0 Å². The van der Waals surface area contributed by atoms with Gasteiger partial charge in [0.05, 0.1) is 16.4 Å². The van der Waals surface area contributed by atoms with Crippen LogP contribution in [0, 0.1) is 6.92 Å². The van der Waals surface area contributed by atoms with Crippen molar-refractivity contribution >= 4 is 15.9 Å². The zero-order valence-electron chi connectivity index (χ0n) is 8.87. The zero-order valence-corrected chi connectivity index (χ0v) is 10.5. The summed E-state index contributed by atoms with van der Waals surface area (Å²) in [5, 5.41) is 4.32. The zero-order chi connectivity index (χ0) is 10.8. The van der Waals surface area contributed by atoms with Gasteiger partial charge in [-0.1, -0.05) is 24.3 Å². The van der Waals surface area contributed by atoms with Crippen LogP contribution >= 0.6 is 15.9 Å². The van der Waals surface area contributed by atoms with E-state index in [9.17, 15) is 0 Å². The van der Waals surface area contributed by atoms with Gasteiger partial charge in [0.15, 0.2) is 0 Å². The first kappa shape index (κ1) is 10.4. The summed E-state index contributed by atoms with van der Waals surface area (Å²) in [5.41, 5.74) is 3.67. The minimum absolute atomic E-state index is 0.884. The van der Waals surface area contributed by atoms with E-state index in [0.29, 0.717) is 0 Å². The number of nitrogens with zero attached hydrogens (tertiary/aromatic N) is 2. The minimum atomic E-state index is 0.884. The Kier molecular flexibility index (Phi) is 2.91. The maximum atomic E-state index is 4.32. The van der Waals surface area contributed by atoms with Crippen LogP contribution in [0.15, 0.2) is 34.9 Å². The summed E-state index contributed by atoms with van der Waals surface area (Å²) < 4.78 is 3.06. The average Bonchev–Trinajstić information content (AvgIpc) is 2.60. The molecule has 0 unspecified atom stereocenters. The number of benzene rings is 1. The van der Waals surface area contributed by atoms with E-state index in [0.717, 1.165) is 16.7 Å². The molecule has 0 spiro atoms. The maximum Gasteiger partial charge on any atom is 0.0827 e. The van der Waals surface area contributed by atoms with E-state index in [4.69, 9.17) is 0 Å². The van der Waals surface area contributed by atoms with E-state index < -0.39 is 0 Å². The van der Waals surface area contributed by atoms with Gasteiger partial charge in [-0.15, -0.1) is 0 Å². The Morgan fingerprint density at radius 1 is 1.33 bits per heavy atom. The first-order valence-electron chi connectivity index (χ1n) is 5.01. The van der Waals surface area contributed by atoms with Gasteiger partial charge in [-0.25, -0.2) is 0 Å². The van der Waals surface area contributed by atoms with Gasteiger partial charge in [0.25, 0.3) is 0 Å². The second kappa shape index (κ2) is 4.19. The summed E-state index contributed by atoms with van der Waals surface area (Å²) in [5.74, 6) is 0. The van der Waals surface area contributed by atoms with Crippen LogP contribution in [0.4, 0.5) is 0 Å². The third-order valence-corrected chi connectivity index (χ3v) is 3.07. The molecule has 3 heteroatoms. The largest absolute Gasteiger partial charge is 0.264 e. The van der Waals surface area contributed by atoms with Gasteiger partial charge in [0.2, 0.25) is 0 Å². The highest BCUT2D eigenvalue weighted by Crippen LogP contribution is 2.30. The molecule has 1 aromatic carbocycles. The number of hydrogen-bond donors (Lipinski definition) is 0. The molecule has 2 aromatic rings. The Bertz CT molecular complexity index is 474.